The van der Waals surface area contributed by atoms with Crippen molar-refractivity contribution in [1.29, 1.82) is 0 Å². The highest BCUT2D eigenvalue weighted by molar-refractivity contribution is 6.30. The fraction of sp³-hybridized carbons (Fsp3) is 0.476. The molecule has 0 bridgehead atoms. The van der Waals surface area contributed by atoms with Gasteiger partial charge < -0.3 is 19.9 Å². The largest absolute Gasteiger partial charge is 0.378 e. The van der Waals surface area contributed by atoms with Crippen molar-refractivity contribution in [2.24, 2.45) is 0 Å². The van der Waals surface area contributed by atoms with E-state index < -0.39 is 0 Å². The molecule has 0 aliphatic carbocycles. The third kappa shape index (κ3) is 5.36. The van der Waals surface area contributed by atoms with Crippen LogP contribution in [-0.4, -0.2) is 60.7 Å². The van der Waals surface area contributed by atoms with Crippen molar-refractivity contribution in [3.63, 3.8) is 0 Å². The molecule has 1 aliphatic heterocycles. The van der Waals surface area contributed by atoms with Gasteiger partial charge in [-0.1, -0.05) is 23.7 Å². The number of anilines is 1. The number of carbonyl (C=O) groups is 1. The lowest BCUT2D eigenvalue weighted by molar-refractivity contribution is 0.180. The Bertz CT molecular complexity index is 836. The Labute approximate surface area is 177 Å². The quantitative estimate of drug-likeness (QED) is 0.782. The van der Waals surface area contributed by atoms with Crippen LogP contribution in [-0.2, 0) is 17.8 Å². The van der Waals surface area contributed by atoms with Gasteiger partial charge in [-0.2, -0.15) is 0 Å². The fourth-order valence-corrected chi connectivity index (χ4v) is 3.65. The molecular formula is C21H28ClN5O2. The Balaban J connectivity index is 1.87. The highest BCUT2D eigenvalue weighted by atomic mass is 35.5. The number of aryl methyl sites for hydroxylation is 1. The zero-order chi connectivity index (χ0) is 20.8. The summed E-state index contributed by atoms with van der Waals surface area (Å²) in [6.07, 6.45) is 0.696. The van der Waals surface area contributed by atoms with Crippen LogP contribution in [0.5, 0.6) is 0 Å². The maximum absolute atomic E-state index is 12.1. The molecular weight excluding hydrogens is 390 g/mol. The van der Waals surface area contributed by atoms with Gasteiger partial charge in [-0.05, 0) is 31.5 Å². The number of amides is 2. The second-order valence-corrected chi connectivity index (χ2v) is 7.50. The number of hydrogen-bond donors (Lipinski definition) is 1. The summed E-state index contributed by atoms with van der Waals surface area (Å²) in [6.45, 7) is 7.68. The van der Waals surface area contributed by atoms with Crippen LogP contribution in [0, 0.1) is 6.92 Å². The Morgan fingerprint density at radius 2 is 1.86 bits per heavy atom. The molecule has 156 valence electrons. The minimum absolute atomic E-state index is 0.00696. The molecule has 0 radical (unpaired) electrons. The number of ether oxygens (including phenoxy) is 1. The van der Waals surface area contributed by atoms with E-state index in [0.717, 1.165) is 41.6 Å². The molecule has 0 spiro atoms. The lowest BCUT2D eigenvalue weighted by Crippen LogP contribution is -2.52. The van der Waals surface area contributed by atoms with E-state index in [-0.39, 0.29) is 6.03 Å². The van der Waals surface area contributed by atoms with E-state index in [9.17, 15) is 4.79 Å². The molecule has 1 aliphatic rings. The first kappa shape index (κ1) is 21.3. The smallest absolute Gasteiger partial charge is 0.317 e. The number of rotatable bonds is 6. The van der Waals surface area contributed by atoms with Crippen LogP contribution >= 0.6 is 11.6 Å². The van der Waals surface area contributed by atoms with Gasteiger partial charge in [-0.3, -0.25) is 0 Å². The van der Waals surface area contributed by atoms with Crippen molar-refractivity contribution < 1.29 is 9.53 Å². The van der Waals surface area contributed by atoms with E-state index in [1.54, 1.807) is 7.11 Å². The summed E-state index contributed by atoms with van der Waals surface area (Å²) in [7, 11) is 1.67. The standard InChI is InChI=1S/C21H28ClN5O2/c1-4-23-21(28)27-11-9-26(10-12-27)20-18(13-16-5-7-17(22)8-6-16)19(14-29-3)24-15(2)25-20/h5-8H,4,9-14H2,1-3H3,(H,23,28). The number of hydrogen-bond acceptors (Lipinski definition) is 5. The van der Waals surface area contributed by atoms with Crippen molar-refractivity contribution in [1.82, 2.24) is 20.2 Å². The van der Waals surface area contributed by atoms with Crippen molar-refractivity contribution >= 4 is 23.4 Å². The number of nitrogens with zero attached hydrogens (tertiary/aromatic N) is 4. The summed E-state index contributed by atoms with van der Waals surface area (Å²) in [5.74, 6) is 1.65. The Morgan fingerprint density at radius 3 is 2.48 bits per heavy atom. The third-order valence-corrected chi connectivity index (χ3v) is 5.20. The number of urea groups is 1. The number of aromatic nitrogens is 2. The van der Waals surface area contributed by atoms with Crippen LogP contribution in [0.15, 0.2) is 24.3 Å². The first-order valence-corrected chi connectivity index (χ1v) is 10.3. The predicted molar refractivity (Wildman–Crippen MR) is 115 cm³/mol. The van der Waals surface area contributed by atoms with Crippen molar-refractivity contribution in [3.05, 3.63) is 51.9 Å². The average molecular weight is 418 g/mol. The van der Waals surface area contributed by atoms with E-state index >= 15 is 0 Å². The third-order valence-electron chi connectivity index (χ3n) is 4.95. The molecule has 0 unspecified atom stereocenters. The van der Waals surface area contributed by atoms with E-state index in [4.69, 9.17) is 21.3 Å². The van der Waals surface area contributed by atoms with Crippen LogP contribution < -0.4 is 10.2 Å². The van der Waals surface area contributed by atoms with Crippen molar-refractivity contribution in [2.45, 2.75) is 26.9 Å². The van der Waals surface area contributed by atoms with Crippen LogP contribution in [0.2, 0.25) is 5.02 Å². The summed E-state index contributed by atoms with van der Waals surface area (Å²) < 4.78 is 5.41. The van der Waals surface area contributed by atoms with Crippen LogP contribution in [0.3, 0.4) is 0 Å². The summed E-state index contributed by atoms with van der Waals surface area (Å²) in [4.78, 5) is 25.6. The van der Waals surface area contributed by atoms with Gasteiger partial charge in [0.05, 0.1) is 12.3 Å². The molecule has 1 aromatic carbocycles. The number of methoxy groups -OCH3 is 1. The van der Waals surface area contributed by atoms with E-state index in [0.29, 0.717) is 37.7 Å². The number of halogens is 1. The number of benzene rings is 1. The molecule has 8 heteroatoms. The highest BCUT2D eigenvalue weighted by Crippen LogP contribution is 2.26. The molecule has 1 saturated heterocycles. The predicted octanol–water partition coefficient (Wildman–Crippen LogP) is 3.03. The van der Waals surface area contributed by atoms with Crippen LogP contribution in [0.1, 0.15) is 29.6 Å². The molecule has 0 saturated carbocycles. The van der Waals surface area contributed by atoms with Gasteiger partial charge in [-0.25, -0.2) is 14.8 Å². The lowest BCUT2D eigenvalue weighted by Gasteiger charge is -2.36. The zero-order valence-corrected chi connectivity index (χ0v) is 18.0. The maximum Gasteiger partial charge on any atom is 0.317 e. The minimum atomic E-state index is -0.00696. The normalized spacial score (nSPS) is 14.2. The van der Waals surface area contributed by atoms with Gasteiger partial charge >= 0.3 is 6.03 Å². The molecule has 2 heterocycles. The Morgan fingerprint density at radius 1 is 1.17 bits per heavy atom. The van der Waals surface area contributed by atoms with Gasteiger partial charge in [0.25, 0.3) is 0 Å². The number of carbonyl (C=O) groups excluding carboxylic acids is 1. The van der Waals surface area contributed by atoms with Gasteiger partial charge in [-0.15, -0.1) is 0 Å². The summed E-state index contributed by atoms with van der Waals surface area (Å²) in [5, 5.41) is 3.58. The van der Waals surface area contributed by atoms with Crippen molar-refractivity contribution in [3.8, 4) is 0 Å². The second kappa shape index (κ2) is 9.89. The first-order chi connectivity index (χ1) is 14.0. The Kier molecular flexibility index (Phi) is 7.28. The lowest BCUT2D eigenvalue weighted by atomic mass is 10.0. The van der Waals surface area contributed by atoms with Gasteiger partial charge in [0.1, 0.15) is 11.6 Å². The molecule has 29 heavy (non-hydrogen) atoms. The Hall–Kier alpha value is -2.38. The van der Waals surface area contributed by atoms with Gasteiger partial charge in [0.15, 0.2) is 0 Å². The number of piperazine rings is 1. The molecule has 2 amide bonds. The molecule has 0 atom stereocenters. The molecule has 2 aromatic rings. The van der Waals surface area contributed by atoms with Gasteiger partial charge in [0, 0.05) is 56.8 Å². The van der Waals surface area contributed by atoms with Crippen LogP contribution in [0.25, 0.3) is 0 Å². The van der Waals surface area contributed by atoms with Crippen LogP contribution in [0.4, 0.5) is 10.6 Å². The van der Waals surface area contributed by atoms with E-state index in [2.05, 4.69) is 15.2 Å². The zero-order valence-electron chi connectivity index (χ0n) is 17.2. The minimum Gasteiger partial charge on any atom is -0.378 e. The summed E-state index contributed by atoms with van der Waals surface area (Å²) in [6, 6.07) is 7.83. The van der Waals surface area contributed by atoms with E-state index in [1.165, 1.54) is 0 Å². The fourth-order valence-electron chi connectivity index (χ4n) is 3.53. The average Bonchev–Trinajstić information content (AvgIpc) is 2.72. The second-order valence-electron chi connectivity index (χ2n) is 7.07. The topological polar surface area (TPSA) is 70.6 Å². The summed E-state index contributed by atoms with van der Waals surface area (Å²) in [5.41, 5.74) is 3.10. The highest BCUT2D eigenvalue weighted by Gasteiger charge is 2.25. The maximum atomic E-state index is 12.1. The van der Waals surface area contributed by atoms with E-state index in [1.807, 2.05) is 43.0 Å². The molecule has 7 nitrogen and oxygen atoms in total. The molecule has 1 fully saturated rings. The van der Waals surface area contributed by atoms with Crippen molar-refractivity contribution in [2.75, 3.05) is 44.7 Å². The molecule has 1 N–H and O–H groups in total. The molecule has 1 aromatic heterocycles. The number of nitrogens with one attached hydrogen (secondary N) is 1. The first-order valence-electron chi connectivity index (χ1n) is 9.89. The summed E-state index contributed by atoms with van der Waals surface area (Å²) >= 11 is 6.04. The SMILES string of the molecule is CCNC(=O)N1CCN(c2nc(C)nc(COC)c2Cc2ccc(Cl)cc2)CC1. The van der Waals surface area contributed by atoms with Gasteiger partial charge in [0.2, 0.25) is 0 Å². The molecule has 3 rings (SSSR count). The monoisotopic (exact) mass is 417 g/mol.